The summed E-state index contributed by atoms with van der Waals surface area (Å²) in [4.78, 5) is 22.6. The monoisotopic (exact) mass is 547 g/mol. The molecule has 0 amide bonds. The second-order valence-corrected chi connectivity index (χ2v) is 10.9. The molecular weight excluding hydrogens is 510 g/mol. The van der Waals surface area contributed by atoms with Crippen molar-refractivity contribution in [3.8, 4) is 17.4 Å². The third-order valence-corrected chi connectivity index (χ3v) is 7.27. The summed E-state index contributed by atoms with van der Waals surface area (Å²) in [5.41, 5.74) is 2.17. The second-order valence-electron chi connectivity index (χ2n) is 10.4. The number of allylic oxidation sites excluding steroid dienone is 1. The number of likely N-dealkylation sites (tertiary alicyclic amines) is 1. The van der Waals surface area contributed by atoms with Crippen LogP contribution < -0.4 is 9.47 Å². The number of carbonyl (C=O) groups excluding carboxylic acids is 1. The number of ketones is 1. The molecule has 4 rings (SSSR count). The van der Waals surface area contributed by atoms with Gasteiger partial charge in [0.25, 0.3) is 0 Å². The molecule has 1 aliphatic rings. The summed E-state index contributed by atoms with van der Waals surface area (Å²) in [7, 11) is 4.29. The highest BCUT2D eigenvalue weighted by Crippen LogP contribution is 2.35. The quantitative estimate of drug-likeness (QED) is 0.191. The molecular formula is C32H38ClN3O3. The van der Waals surface area contributed by atoms with Gasteiger partial charge in [-0.15, -0.1) is 0 Å². The Kier molecular flexibility index (Phi) is 10.2. The van der Waals surface area contributed by atoms with Crippen molar-refractivity contribution in [2.75, 3.05) is 40.3 Å². The van der Waals surface area contributed by atoms with Gasteiger partial charge in [0.15, 0.2) is 17.3 Å². The summed E-state index contributed by atoms with van der Waals surface area (Å²) in [5.74, 6) is 1.24. The van der Waals surface area contributed by atoms with E-state index in [1.54, 1.807) is 36.4 Å². The normalized spacial score (nSPS) is 14.8. The van der Waals surface area contributed by atoms with Crippen LogP contribution in [0, 0.1) is 0 Å². The van der Waals surface area contributed by atoms with Crippen molar-refractivity contribution in [3.05, 3.63) is 88.6 Å². The van der Waals surface area contributed by atoms with Crippen LogP contribution in [-0.2, 0) is 0 Å². The predicted molar refractivity (Wildman–Crippen MR) is 158 cm³/mol. The Labute approximate surface area is 237 Å². The molecule has 0 N–H and O–H groups in total. The van der Waals surface area contributed by atoms with Crippen LogP contribution in [0.2, 0.25) is 5.02 Å². The first kappa shape index (κ1) is 28.8. The minimum atomic E-state index is -0.186. The van der Waals surface area contributed by atoms with Gasteiger partial charge in [0.05, 0.1) is 5.56 Å². The van der Waals surface area contributed by atoms with Crippen molar-refractivity contribution >= 4 is 23.5 Å². The maximum atomic E-state index is 13.2. The first-order valence-electron chi connectivity index (χ1n) is 13.6. The highest BCUT2D eigenvalue weighted by Gasteiger charge is 2.21. The summed E-state index contributed by atoms with van der Waals surface area (Å²) in [6.07, 6.45) is 5.66. The van der Waals surface area contributed by atoms with Crippen molar-refractivity contribution < 1.29 is 14.3 Å². The number of hydrogen-bond donors (Lipinski definition) is 0. The van der Waals surface area contributed by atoms with Gasteiger partial charge in [0.1, 0.15) is 6.61 Å². The molecule has 0 aliphatic carbocycles. The molecule has 39 heavy (non-hydrogen) atoms. The smallest absolute Gasteiger partial charge is 0.230 e. The average molecular weight is 548 g/mol. The second kappa shape index (κ2) is 13.7. The van der Waals surface area contributed by atoms with Crippen LogP contribution in [0.1, 0.15) is 54.2 Å². The van der Waals surface area contributed by atoms with Crippen molar-refractivity contribution in [2.45, 2.75) is 38.6 Å². The molecule has 0 bridgehead atoms. The van der Waals surface area contributed by atoms with E-state index in [1.807, 2.05) is 36.4 Å². The largest absolute Gasteiger partial charge is 0.488 e. The number of benzene rings is 2. The number of hydrogen-bond acceptors (Lipinski definition) is 6. The summed E-state index contributed by atoms with van der Waals surface area (Å²) in [6.45, 7) is 7.55. The third-order valence-electron chi connectivity index (χ3n) is 7.03. The molecule has 0 atom stereocenters. The fraction of sp³-hybridized carbons (Fsp3) is 0.375. The molecule has 6 nitrogen and oxygen atoms in total. The summed E-state index contributed by atoms with van der Waals surface area (Å²) >= 11 is 6.31. The summed E-state index contributed by atoms with van der Waals surface area (Å²) < 4.78 is 12.4. The number of ether oxygens (including phenoxy) is 2. The molecule has 1 aliphatic heterocycles. The molecule has 0 spiro atoms. The number of aromatic nitrogens is 1. The van der Waals surface area contributed by atoms with Gasteiger partial charge in [-0.1, -0.05) is 61.9 Å². The third kappa shape index (κ3) is 8.15. The Balaban J connectivity index is 1.50. The molecule has 1 aromatic heterocycles. The molecule has 3 aromatic rings. The van der Waals surface area contributed by atoms with Crippen LogP contribution in [0.4, 0.5) is 0 Å². The zero-order chi connectivity index (χ0) is 27.8. The Hall–Kier alpha value is -3.19. The van der Waals surface area contributed by atoms with Crippen molar-refractivity contribution in [1.82, 2.24) is 14.8 Å². The van der Waals surface area contributed by atoms with E-state index in [0.29, 0.717) is 34.7 Å². The molecule has 0 saturated carbocycles. The lowest BCUT2D eigenvalue weighted by atomic mass is 10.0. The molecule has 2 aromatic carbocycles. The van der Waals surface area contributed by atoms with Crippen LogP contribution in [0.3, 0.4) is 0 Å². The number of halogens is 1. The van der Waals surface area contributed by atoms with E-state index in [2.05, 4.69) is 37.7 Å². The number of rotatable bonds is 11. The average Bonchev–Trinajstić information content (AvgIpc) is 2.94. The van der Waals surface area contributed by atoms with Crippen molar-refractivity contribution in [3.63, 3.8) is 0 Å². The Morgan fingerprint density at radius 3 is 2.51 bits per heavy atom. The first-order valence-corrected chi connectivity index (χ1v) is 14.0. The maximum absolute atomic E-state index is 13.2. The van der Waals surface area contributed by atoms with E-state index in [-0.39, 0.29) is 17.6 Å². The van der Waals surface area contributed by atoms with Crippen LogP contribution >= 0.6 is 11.6 Å². The lowest BCUT2D eigenvalue weighted by molar-refractivity contribution is 0.104. The topological polar surface area (TPSA) is 54.9 Å². The molecule has 0 radical (unpaired) electrons. The summed E-state index contributed by atoms with van der Waals surface area (Å²) in [5, 5.41) is 0.551. The van der Waals surface area contributed by atoms with Gasteiger partial charge in [-0.3, -0.25) is 9.69 Å². The van der Waals surface area contributed by atoms with E-state index >= 15 is 0 Å². The van der Waals surface area contributed by atoms with E-state index in [0.717, 1.165) is 43.7 Å². The minimum absolute atomic E-state index is 0.175. The number of pyridine rings is 1. The Morgan fingerprint density at radius 2 is 1.82 bits per heavy atom. The van der Waals surface area contributed by atoms with Gasteiger partial charge >= 0.3 is 0 Å². The lowest BCUT2D eigenvalue weighted by Gasteiger charge is -2.35. The molecule has 7 heteroatoms. The number of carbonyl (C=O) groups is 1. The van der Waals surface area contributed by atoms with Gasteiger partial charge in [-0.2, -0.15) is 0 Å². The SMILES string of the molecule is CC(C)c1ccc(C(=O)C=Cc2ccccc2)c(Oc2ccc(Cl)cc2OCCN2CCC(N(C)C)CC2)n1. The van der Waals surface area contributed by atoms with Gasteiger partial charge in [0.2, 0.25) is 5.88 Å². The fourth-order valence-corrected chi connectivity index (χ4v) is 4.76. The lowest BCUT2D eigenvalue weighted by Crippen LogP contribution is -2.43. The number of piperidine rings is 1. The van der Waals surface area contributed by atoms with Gasteiger partial charge in [-0.05, 0) is 81.8 Å². The Morgan fingerprint density at radius 1 is 1.08 bits per heavy atom. The predicted octanol–water partition coefficient (Wildman–Crippen LogP) is 6.95. The van der Waals surface area contributed by atoms with Crippen LogP contribution in [0.15, 0.2) is 66.7 Å². The molecule has 0 unspecified atom stereocenters. The first-order chi connectivity index (χ1) is 18.8. The summed E-state index contributed by atoms with van der Waals surface area (Å²) in [6, 6.07) is 19.3. The number of nitrogens with zero attached hydrogens (tertiary/aromatic N) is 3. The van der Waals surface area contributed by atoms with Crippen molar-refractivity contribution in [1.29, 1.82) is 0 Å². The highest BCUT2D eigenvalue weighted by atomic mass is 35.5. The Bertz CT molecular complexity index is 1270. The molecule has 1 saturated heterocycles. The standard InChI is InChI=1S/C32H38ClN3O3/c1-23(2)28-13-12-27(29(37)14-10-24-8-6-5-7-9-24)32(34-28)39-30-15-11-25(33)22-31(30)38-21-20-36-18-16-26(17-19-36)35(3)4/h5-15,22-23,26H,16-21H2,1-4H3. The fourth-order valence-electron chi connectivity index (χ4n) is 4.59. The van der Waals surface area contributed by atoms with E-state index in [1.165, 1.54) is 0 Å². The van der Waals surface area contributed by atoms with Gasteiger partial charge in [0, 0.05) is 29.4 Å². The van der Waals surface area contributed by atoms with E-state index in [9.17, 15) is 4.79 Å². The van der Waals surface area contributed by atoms with E-state index in [4.69, 9.17) is 26.1 Å². The minimum Gasteiger partial charge on any atom is -0.488 e. The van der Waals surface area contributed by atoms with Crippen LogP contribution in [0.25, 0.3) is 6.08 Å². The van der Waals surface area contributed by atoms with Crippen molar-refractivity contribution in [2.24, 2.45) is 0 Å². The molecule has 2 heterocycles. The van der Waals surface area contributed by atoms with Crippen LogP contribution in [-0.4, -0.2) is 66.9 Å². The van der Waals surface area contributed by atoms with Gasteiger partial charge in [-0.25, -0.2) is 4.98 Å². The zero-order valence-corrected chi connectivity index (χ0v) is 24.0. The molecule has 1 fully saturated rings. The van der Waals surface area contributed by atoms with Crippen LogP contribution in [0.5, 0.6) is 17.4 Å². The van der Waals surface area contributed by atoms with Gasteiger partial charge < -0.3 is 14.4 Å². The molecule has 206 valence electrons. The highest BCUT2D eigenvalue weighted by molar-refractivity contribution is 6.30. The van der Waals surface area contributed by atoms with E-state index < -0.39 is 0 Å². The maximum Gasteiger partial charge on any atom is 0.230 e. The zero-order valence-electron chi connectivity index (χ0n) is 23.3.